The topological polar surface area (TPSA) is 60.5 Å². The normalized spacial score (nSPS) is 11.0. The fourth-order valence-corrected chi connectivity index (χ4v) is 2.81. The van der Waals surface area contributed by atoms with Gasteiger partial charge in [0.15, 0.2) is 5.75 Å². The van der Waals surface area contributed by atoms with Crippen LogP contribution in [-0.2, 0) is 9.53 Å². The van der Waals surface area contributed by atoms with E-state index >= 15 is 0 Å². The fraction of sp³-hybridized carbons (Fsp3) is 0.143. The minimum atomic E-state index is -0.290. The molecule has 0 saturated heterocycles. The van der Waals surface area contributed by atoms with E-state index in [1.165, 1.54) is 6.08 Å². The summed E-state index contributed by atoms with van der Waals surface area (Å²) in [6.07, 6.45) is 4.93. The number of para-hydroxylation sites is 2. The molecule has 0 saturated carbocycles. The van der Waals surface area contributed by atoms with Gasteiger partial charge < -0.3 is 14.8 Å². The summed E-state index contributed by atoms with van der Waals surface area (Å²) >= 11 is 6.19. The average Bonchev–Trinajstić information content (AvgIpc) is 2.68. The number of hydrogen-bond acceptors (Lipinski definition) is 4. The second-order valence-corrected chi connectivity index (χ2v) is 6.11. The highest BCUT2D eigenvalue weighted by Gasteiger charge is 2.10. The first kappa shape index (κ1) is 18.9. The van der Waals surface area contributed by atoms with Crippen molar-refractivity contribution < 1.29 is 14.3 Å². The predicted octanol–water partition coefficient (Wildman–Crippen LogP) is 4.57. The number of anilines is 1. The zero-order chi connectivity index (χ0) is 19.1. The number of amides is 1. The summed E-state index contributed by atoms with van der Waals surface area (Å²) in [6.45, 7) is 0.757. The van der Waals surface area contributed by atoms with Crippen molar-refractivity contribution in [2.24, 2.45) is 0 Å². The summed E-state index contributed by atoms with van der Waals surface area (Å²) in [7, 11) is 1.59. The summed E-state index contributed by atoms with van der Waals surface area (Å²) in [5.41, 5.74) is 2.21. The number of pyridine rings is 1. The molecule has 0 fully saturated rings. The number of ether oxygens (including phenoxy) is 2. The summed E-state index contributed by atoms with van der Waals surface area (Å²) in [4.78, 5) is 16.8. The van der Waals surface area contributed by atoms with Crippen molar-refractivity contribution in [1.82, 2.24) is 4.98 Å². The molecule has 5 nitrogen and oxygen atoms in total. The molecule has 1 N–H and O–H groups in total. The number of carbonyl (C=O) groups is 1. The molecular formula is C21H19ClN2O3. The zero-order valence-electron chi connectivity index (χ0n) is 14.8. The highest BCUT2D eigenvalue weighted by molar-refractivity contribution is 6.32. The van der Waals surface area contributed by atoms with Gasteiger partial charge in [0, 0.05) is 30.3 Å². The lowest BCUT2D eigenvalue weighted by atomic mass is 10.1. The molecule has 2 aromatic carbocycles. The van der Waals surface area contributed by atoms with E-state index in [1.54, 1.807) is 37.6 Å². The Morgan fingerprint density at radius 2 is 1.96 bits per heavy atom. The van der Waals surface area contributed by atoms with E-state index in [9.17, 15) is 4.79 Å². The van der Waals surface area contributed by atoms with E-state index in [1.807, 2.05) is 30.3 Å². The van der Waals surface area contributed by atoms with Crippen LogP contribution < -0.4 is 10.1 Å². The van der Waals surface area contributed by atoms with Crippen LogP contribution >= 0.6 is 11.6 Å². The standard InChI is InChI=1S/C21H19ClN2O3/c1-26-13-14-27-21-17(22)8-3-9-18(21)24-19(25)11-10-16-6-2-5-15-7-4-12-23-20(15)16/h2-12H,13-14H2,1H3,(H,24,25)/b11-10+. The van der Waals surface area contributed by atoms with Gasteiger partial charge in [0.1, 0.15) is 6.61 Å². The Hall–Kier alpha value is -2.89. The second kappa shape index (κ2) is 9.16. The number of hydrogen-bond donors (Lipinski definition) is 1. The third-order valence-electron chi connectivity index (χ3n) is 3.84. The lowest BCUT2D eigenvalue weighted by Gasteiger charge is -2.13. The molecule has 1 aromatic heterocycles. The summed E-state index contributed by atoms with van der Waals surface area (Å²) in [5, 5.41) is 4.24. The van der Waals surface area contributed by atoms with Crippen molar-refractivity contribution in [3.05, 3.63) is 71.4 Å². The molecule has 6 heteroatoms. The maximum Gasteiger partial charge on any atom is 0.248 e. The molecule has 3 aromatic rings. The second-order valence-electron chi connectivity index (χ2n) is 5.70. The molecule has 138 valence electrons. The number of aromatic nitrogens is 1. The molecule has 0 spiro atoms. The van der Waals surface area contributed by atoms with Crippen LogP contribution in [0.4, 0.5) is 5.69 Å². The Kier molecular flexibility index (Phi) is 6.41. The van der Waals surface area contributed by atoms with Gasteiger partial charge in [-0.25, -0.2) is 0 Å². The molecule has 0 atom stereocenters. The molecule has 27 heavy (non-hydrogen) atoms. The van der Waals surface area contributed by atoms with Crippen LogP contribution in [0.1, 0.15) is 5.56 Å². The van der Waals surface area contributed by atoms with Gasteiger partial charge >= 0.3 is 0 Å². The zero-order valence-corrected chi connectivity index (χ0v) is 15.6. The first-order valence-corrected chi connectivity index (χ1v) is 8.80. The lowest BCUT2D eigenvalue weighted by Crippen LogP contribution is -2.11. The number of nitrogens with zero attached hydrogens (tertiary/aromatic N) is 1. The van der Waals surface area contributed by atoms with Crippen molar-refractivity contribution >= 4 is 40.2 Å². The Labute approximate surface area is 162 Å². The summed E-state index contributed by atoms with van der Waals surface area (Å²) in [6, 6.07) is 14.9. The quantitative estimate of drug-likeness (QED) is 0.480. The van der Waals surface area contributed by atoms with Gasteiger partial charge in [-0.1, -0.05) is 41.9 Å². The number of rotatable bonds is 7. The molecule has 3 rings (SSSR count). The molecule has 0 aliphatic rings. The van der Waals surface area contributed by atoms with Gasteiger partial charge in [-0.05, 0) is 24.3 Å². The maximum atomic E-state index is 12.4. The first-order chi connectivity index (χ1) is 13.2. The first-order valence-electron chi connectivity index (χ1n) is 8.42. The SMILES string of the molecule is COCCOc1c(Cl)cccc1NC(=O)/C=C/c1cccc2cccnc12. The van der Waals surface area contributed by atoms with Gasteiger partial charge in [-0.15, -0.1) is 0 Å². The van der Waals surface area contributed by atoms with E-state index in [2.05, 4.69) is 10.3 Å². The number of nitrogens with one attached hydrogen (secondary N) is 1. The van der Waals surface area contributed by atoms with Crippen molar-refractivity contribution in [3.8, 4) is 5.75 Å². The Bertz CT molecular complexity index is 967. The number of benzene rings is 2. The van der Waals surface area contributed by atoms with Gasteiger partial charge in [-0.3, -0.25) is 9.78 Å². The smallest absolute Gasteiger partial charge is 0.248 e. The van der Waals surface area contributed by atoms with E-state index in [-0.39, 0.29) is 5.91 Å². The Balaban J connectivity index is 1.76. The van der Waals surface area contributed by atoms with Crippen molar-refractivity contribution in [2.45, 2.75) is 0 Å². The molecule has 1 amide bonds. The van der Waals surface area contributed by atoms with Gasteiger partial charge in [0.05, 0.1) is 22.8 Å². The maximum absolute atomic E-state index is 12.4. The minimum Gasteiger partial charge on any atom is -0.487 e. The third kappa shape index (κ3) is 4.84. The lowest BCUT2D eigenvalue weighted by molar-refractivity contribution is -0.111. The molecule has 0 bridgehead atoms. The average molecular weight is 383 g/mol. The molecule has 0 aliphatic heterocycles. The van der Waals surface area contributed by atoms with Crippen LogP contribution in [0.3, 0.4) is 0 Å². The largest absolute Gasteiger partial charge is 0.487 e. The molecule has 1 heterocycles. The Morgan fingerprint density at radius 1 is 1.15 bits per heavy atom. The van der Waals surface area contributed by atoms with Crippen LogP contribution in [0.25, 0.3) is 17.0 Å². The van der Waals surface area contributed by atoms with Crippen LogP contribution in [0.2, 0.25) is 5.02 Å². The van der Waals surface area contributed by atoms with Crippen molar-refractivity contribution in [2.75, 3.05) is 25.6 Å². The van der Waals surface area contributed by atoms with E-state index in [4.69, 9.17) is 21.1 Å². The Morgan fingerprint density at radius 3 is 2.81 bits per heavy atom. The monoisotopic (exact) mass is 382 g/mol. The van der Waals surface area contributed by atoms with Crippen molar-refractivity contribution in [3.63, 3.8) is 0 Å². The van der Waals surface area contributed by atoms with E-state index in [0.29, 0.717) is 29.7 Å². The van der Waals surface area contributed by atoms with Gasteiger partial charge in [-0.2, -0.15) is 0 Å². The molecule has 0 unspecified atom stereocenters. The van der Waals surface area contributed by atoms with E-state index < -0.39 is 0 Å². The fourth-order valence-electron chi connectivity index (χ4n) is 2.58. The molecular weight excluding hydrogens is 364 g/mol. The minimum absolute atomic E-state index is 0.290. The summed E-state index contributed by atoms with van der Waals surface area (Å²) in [5.74, 6) is 0.131. The van der Waals surface area contributed by atoms with Gasteiger partial charge in [0.2, 0.25) is 5.91 Å². The van der Waals surface area contributed by atoms with E-state index in [0.717, 1.165) is 16.5 Å². The number of halogens is 1. The van der Waals surface area contributed by atoms with Crippen molar-refractivity contribution in [1.29, 1.82) is 0 Å². The van der Waals surface area contributed by atoms with Crippen LogP contribution in [-0.4, -0.2) is 31.2 Å². The number of carbonyl (C=O) groups excluding carboxylic acids is 1. The van der Waals surface area contributed by atoms with Gasteiger partial charge in [0.25, 0.3) is 0 Å². The van der Waals surface area contributed by atoms with Crippen LogP contribution in [0, 0.1) is 0 Å². The highest BCUT2D eigenvalue weighted by Crippen LogP contribution is 2.33. The van der Waals surface area contributed by atoms with Crippen LogP contribution in [0.15, 0.2) is 60.8 Å². The molecule has 0 radical (unpaired) electrons. The predicted molar refractivity (Wildman–Crippen MR) is 108 cm³/mol. The summed E-state index contributed by atoms with van der Waals surface area (Å²) < 4.78 is 10.6. The van der Waals surface area contributed by atoms with Crippen LogP contribution in [0.5, 0.6) is 5.75 Å². The number of methoxy groups -OCH3 is 1. The third-order valence-corrected chi connectivity index (χ3v) is 4.13. The highest BCUT2D eigenvalue weighted by atomic mass is 35.5. The number of fused-ring (bicyclic) bond motifs is 1. The molecule has 0 aliphatic carbocycles.